The Hall–Kier alpha value is -0.470. The monoisotopic (exact) mass is 169 g/mol. The van der Waals surface area contributed by atoms with Crippen LogP contribution >= 0.6 is 11.9 Å². The molecule has 0 aromatic rings. The Labute approximate surface area is 73.4 Å². The van der Waals surface area contributed by atoms with Crippen LogP contribution < -0.4 is 4.72 Å². The quantitative estimate of drug-likeness (QED) is 0.513. The predicted octanol–water partition coefficient (Wildman–Crippen LogP) is 2.89. The van der Waals surface area contributed by atoms with Crippen LogP contribution in [-0.4, -0.2) is 7.05 Å². The van der Waals surface area contributed by atoms with Gasteiger partial charge in [-0.25, -0.2) is 0 Å². The van der Waals surface area contributed by atoms with Crippen LogP contribution in [0.15, 0.2) is 35.3 Å². The van der Waals surface area contributed by atoms with Crippen molar-refractivity contribution in [3.8, 4) is 0 Å². The molecule has 62 valence electrons. The van der Waals surface area contributed by atoms with Crippen molar-refractivity contribution in [1.29, 1.82) is 0 Å². The second-order valence-electron chi connectivity index (χ2n) is 2.06. The predicted molar refractivity (Wildman–Crippen MR) is 54.4 cm³/mol. The Bertz CT molecular complexity index is 180. The average molecular weight is 169 g/mol. The van der Waals surface area contributed by atoms with E-state index in [9.17, 15) is 0 Å². The van der Waals surface area contributed by atoms with Crippen LogP contribution in [0.3, 0.4) is 0 Å². The summed E-state index contributed by atoms with van der Waals surface area (Å²) in [7, 11) is 1.90. The van der Waals surface area contributed by atoms with Gasteiger partial charge in [-0.3, -0.25) is 4.72 Å². The fourth-order valence-electron chi connectivity index (χ4n) is 0.725. The van der Waals surface area contributed by atoms with Gasteiger partial charge in [-0.15, -0.1) is 0 Å². The maximum Gasteiger partial charge on any atom is 0.0251 e. The van der Waals surface area contributed by atoms with Crippen molar-refractivity contribution < 1.29 is 0 Å². The van der Waals surface area contributed by atoms with Crippen LogP contribution in [0.5, 0.6) is 0 Å². The van der Waals surface area contributed by atoms with E-state index in [1.165, 1.54) is 10.5 Å². The van der Waals surface area contributed by atoms with Crippen LogP contribution in [0, 0.1) is 0 Å². The second kappa shape index (κ2) is 6.25. The normalized spacial score (nSPS) is 13.4. The molecule has 0 aromatic carbocycles. The Balaban J connectivity index is 4.38. The van der Waals surface area contributed by atoms with Crippen molar-refractivity contribution in [3.05, 3.63) is 35.3 Å². The second-order valence-corrected chi connectivity index (χ2v) is 3.11. The van der Waals surface area contributed by atoms with Gasteiger partial charge in [0.1, 0.15) is 0 Å². The van der Waals surface area contributed by atoms with E-state index >= 15 is 0 Å². The zero-order valence-corrected chi connectivity index (χ0v) is 8.16. The molecule has 0 fully saturated rings. The Kier molecular flexibility index (Phi) is 5.99. The number of allylic oxidation sites excluding steroid dienone is 4. The van der Waals surface area contributed by atoms with Gasteiger partial charge in [-0.05, 0) is 38.4 Å². The van der Waals surface area contributed by atoms with Gasteiger partial charge in [-0.1, -0.05) is 24.8 Å². The molecule has 1 nitrogen and oxygen atoms in total. The smallest absolute Gasteiger partial charge is 0.0251 e. The molecule has 0 atom stereocenters. The van der Waals surface area contributed by atoms with Gasteiger partial charge in [0.25, 0.3) is 0 Å². The summed E-state index contributed by atoms with van der Waals surface area (Å²) in [6.45, 7) is 7.81. The van der Waals surface area contributed by atoms with Crippen LogP contribution in [0.1, 0.15) is 13.8 Å². The lowest BCUT2D eigenvalue weighted by Crippen LogP contribution is -1.92. The van der Waals surface area contributed by atoms with Crippen molar-refractivity contribution >= 4 is 11.9 Å². The largest absolute Gasteiger partial charge is 0.263 e. The number of nitrogens with one attached hydrogen (secondary N) is 1. The maximum atomic E-state index is 3.73. The van der Waals surface area contributed by atoms with Crippen molar-refractivity contribution in [1.82, 2.24) is 4.72 Å². The van der Waals surface area contributed by atoms with Gasteiger partial charge in [0.05, 0.1) is 0 Å². The molecule has 0 rings (SSSR count). The first-order valence-electron chi connectivity index (χ1n) is 3.55. The number of hydrogen-bond acceptors (Lipinski definition) is 2. The van der Waals surface area contributed by atoms with Crippen molar-refractivity contribution in [2.75, 3.05) is 7.05 Å². The Morgan fingerprint density at radius 2 is 2.18 bits per heavy atom. The highest BCUT2D eigenvalue weighted by molar-refractivity contribution is 8.01. The lowest BCUT2D eigenvalue weighted by atomic mass is 10.2. The average Bonchev–Trinajstić information content (AvgIpc) is 2.00. The molecule has 0 unspecified atom stereocenters. The topological polar surface area (TPSA) is 12.0 Å². The van der Waals surface area contributed by atoms with Gasteiger partial charge in [-0.2, -0.15) is 0 Å². The molecule has 0 amide bonds. The van der Waals surface area contributed by atoms with Gasteiger partial charge in [0, 0.05) is 4.91 Å². The zero-order valence-electron chi connectivity index (χ0n) is 7.35. The Morgan fingerprint density at radius 3 is 2.55 bits per heavy atom. The highest BCUT2D eigenvalue weighted by Gasteiger charge is 1.93. The van der Waals surface area contributed by atoms with Crippen molar-refractivity contribution in [2.24, 2.45) is 0 Å². The molecular weight excluding hydrogens is 154 g/mol. The van der Waals surface area contributed by atoms with Crippen LogP contribution in [0.2, 0.25) is 0 Å². The highest BCUT2D eigenvalue weighted by Crippen LogP contribution is 2.17. The van der Waals surface area contributed by atoms with Crippen molar-refractivity contribution in [3.63, 3.8) is 0 Å². The van der Waals surface area contributed by atoms with Gasteiger partial charge in [0.15, 0.2) is 0 Å². The summed E-state index contributed by atoms with van der Waals surface area (Å²) < 4.78 is 3.01. The summed E-state index contributed by atoms with van der Waals surface area (Å²) >= 11 is 1.58. The molecule has 0 spiro atoms. The SMILES string of the molecule is C=C/C(SNC)=C(C)\C=C/C. The minimum Gasteiger partial charge on any atom is -0.263 e. The van der Waals surface area contributed by atoms with E-state index in [0.717, 1.165) is 0 Å². The first-order valence-corrected chi connectivity index (χ1v) is 4.37. The van der Waals surface area contributed by atoms with Crippen LogP contribution in [0.25, 0.3) is 0 Å². The molecule has 0 aliphatic heterocycles. The van der Waals surface area contributed by atoms with E-state index < -0.39 is 0 Å². The first kappa shape index (κ1) is 10.5. The molecule has 2 heteroatoms. The van der Waals surface area contributed by atoms with Gasteiger partial charge in [0.2, 0.25) is 0 Å². The highest BCUT2D eigenvalue weighted by atomic mass is 32.2. The summed E-state index contributed by atoms with van der Waals surface area (Å²) in [5, 5.41) is 0. The maximum absolute atomic E-state index is 3.73. The van der Waals surface area contributed by atoms with Crippen molar-refractivity contribution in [2.45, 2.75) is 13.8 Å². The molecule has 0 heterocycles. The number of hydrogen-bond donors (Lipinski definition) is 1. The summed E-state index contributed by atoms with van der Waals surface area (Å²) in [4.78, 5) is 1.17. The Morgan fingerprint density at radius 1 is 1.55 bits per heavy atom. The summed E-state index contributed by atoms with van der Waals surface area (Å²) in [6.07, 6.45) is 5.95. The fourth-order valence-corrected chi connectivity index (χ4v) is 1.26. The molecule has 1 N–H and O–H groups in total. The van der Waals surface area contributed by atoms with E-state index in [1.807, 2.05) is 26.1 Å². The fraction of sp³-hybridized carbons (Fsp3) is 0.333. The lowest BCUT2D eigenvalue weighted by molar-refractivity contribution is 1.30. The molecule has 0 aliphatic rings. The summed E-state index contributed by atoms with van der Waals surface area (Å²) in [6, 6.07) is 0. The van der Waals surface area contributed by atoms with E-state index in [1.54, 1.807) is 11.9 Å². The van der Waals surface area contributed by atoms with Gasteiger partial charge >= 0.3 is 0 Å². The van der Waals surface area contributed by atoms with Gasteiger partial charge < -0.3 is 0 Å². The molecular formula is C9H15NS. The minimum absolute atomic E-state index is 1.17. The van der Waals surface area contributed by atoms with Crippen LogP contribution in [0.4, 0.5) is 0 Å². The molecule has 0 radical (unpaired) electrons. The van der Waals surface area contributed by atoms with E-state index in [0.29, 0.717) is 0 Å². The lowest BCUT2D eigenvalue weighted by Gasteiger charge is -2.01. The third kappa shape index (κ3) is 4.06. The molecule has 0 aromatic heterocycles. The molecule has 11 heavy (non-hydrogen) atoms. The zero-order chi connectivity index (χ0) is 8.69. The van der Waals surface area contributed by atoms with E-state index in [2.05, 4.69) is 24.3 Å². The standard InChI is InChI=1S/C9H15NS/c1-5-7-8(3)9(6-2)11-10-4/h5-7,10H,2H2,1,3-4H3/b7-5-,9-8+. The summed E-state index contributed by atoms with van der Waals surface area (Å²) in [5.41, 5.74) is 1.24. The molecule has 0 bridgehead atoms. The molecule has 0 saturated carbocycles. The van der Waals surface area contributed by atoms with Crippen LogP contribution in [-0.2, 0) is 0 Å². The molecule has 0 aliphatic carbocycles. The third-order valence-corrected chi connectivity index (χ3v) is 2.12. The first-order chi connectivity index (χ1) is 5.26. The number of rotatable bonds is 4. The molecule has 0 saturated heterocycles. The third-order valence-electron chi connectivity index (χ3n) is 1.20. The summed E-state index contributed by atoms with van der Waals surface area (Å²) in [5.74, 6) is 0. The minimum atomic E-state index is 1.17. The van der Waals surface area contributed by atoms with E-state index in [-0.39, 0.29) is 0 Å². The van der Waals surface area contributed by atoms with E-state index in [4.69, 9.17) is 0 Å².